The van der Waals surface area contributed by atoms with Gasteiger partial charge in [0.05, 0.1) is 4.92 Å². The number of hydrogen-bond acceptors (Lipinski definition) is 4. The fraction of sp³-hybridized carbons (Fsp3) is 0.316. The topological polar surface area (TPSA) is 75.5 Å². The third kappa shape index (κ3) is 3.63. The van der Waals surface area contributed by atoms with E-state index >= 15 is 0 Å². The molecule has 1 heterocycles. The maximum atomic E-state index is 12.7. The summed E-state index contributed by atoms with van der Waals surface area (Å²) in [4.78, 5) is 25.2. The number of para-hydroxylation sites is 3. The molecule has 1 atom stereocenters. The Morgan fingerprint density at radius 1 is 1.24 bits per heavy atom. The molecular weight excluding hydrogens is 318 g/mol. The molecule has 130 valence electrons. The molecule has 0 saturated heterocycles. The molecule has 0 fully saturated rings. The van der Waals surface area contributed by atoms with Crippen LogP contribution in [-0.2, 0) is 11.2 Å². The predicted molar refractivity (Wildman–Crippen MR) is 97.9 cm³/mol. The third-order valence-corrected chi connectivity index (χ3v) is 4.55. The number of fused-ring (bicyclic) bond motifs is 1. The van der Waals surface area contributed by atoms with E-state index in [4.69, 9.17) is 0 Å². The molecule has 1 aliphatic rings. The lowest BCUT2D eigenvalue weighted by Crippen LogP contribution is -2.42. The van der Waals surface area contributed by atoms with E-state index in [0.29, 0.717) is 12.2 Å². The molecule has 0 bridgehead atoms. The lowest BCUT2D eigenvalue weighted by Gasteiger charge is -2.35. The average molecular weight is 339 g/mol. The van der Waals surface area contributed by atoms with E-state index in [0.717, 1.165) is 18.5 Å². The number of rotatable bonds is 5. The summed E-state index contributed by atoms with van der Waals surface area (Å²) >= 11 is 0. The molecule has 25 heavy (non-hydrogen) atoms. The molecule has 6 nitrogen and oxygen atoms in total. The summed E-state index contributed by atoms with van der Waals surface area (Å²) in [6, 6.07) is 14.6. The van der Waals surface area contributed by atoms with Gasteiger partial charge < -0.3 is 10.2 Å². The number of anilines is 2. The van der Waals surface area contributed by atoms with Gasteiger partial charge in [-0.2, -0.15) is 0 Å². The van der Waals surface area contributed by atoms with Crippen molar-refractivity contribution in [3.05, 3.63) is 64.2 Å². The molecule has 1 amide bonds. The largest absolute Gasteiger partial charge is 0.379 e. The summed E-state index contributed by atoms with van der Waals surface area (Å²) in [6.45, 7) is 2.42. The van der Waals surface area contributed by atoms with E-state index in [1.807, 2.05) is 23.1 Å². The van der Waals surface area contributed by atoms with Crippen molar-refractivity contribution in [3.63, 3.8) is 0 Å². The van der Waals surface area contributed by atoms with Gasteiger partial charge in [-0.05, 0) is 37.5 Å². The number of nitro benzene ring substituents is 1. The van der Waals surface area contributed by atoms with Gasteiger partial charge in [0.15, 0.2) is 0 Å². The minimum absolute atomic E-state index is 0.0200. The van der Waals surface area contributed by atoms with Crippen LogP contribution in [-0.4, -0.2) is 23.4 Å². The lowest BCUT2D eigenvalue weighted by atomic mass is 9.96. The smallest absolute Gasteiger partial charge is 0.292 e. The maximum absolute atomic E-state index is 12.7. The molecule has 0 saturated carbocycles. The van der Waals surface area contributed by atoms with Crippen molar-refractivity contribution in [2.45, 2.75) is 32.2 Å². The molecule has 0 spiro atoms. The average Bonchev–Trinajstić information content (AvgIpc) is 2.61. The van der Waals surface area contributed by atoms with Crippen LogP contribution in [0.2, 0.25) is 0 Å². The molecule has 6 heteroatoms. The van der Waals surface area contributed by atoms with Crippen LogP contribution in [0.25, 0.3) is 0 Å². The quantitative estimate of drug-likeness (QED) is 0.665. The van der Waals surface area contributed by atoms with Crippen LogP contribution in [0.3, 0.4) is 0 Å². The molecule has 3 rings (SSSR count). The predicted octanol–water partition coefficient (Wildman–Crippen LogP) is 3.76. The van der Waals surface area contributed by atoms with Gasteiger partial charge in [-0.3, -0.25) is 14.9 Å². The summed E-state index contributed by atoms with van der Waals surface area (Å²) < 4.78 is 0. The van der Waals surface area contributed by atoms with Gasteiger partial charge in [0.2, 0.25) is 5.91 Å². The van der Waals surface area contributed by atoms with Crippen LogP contribution in [0.4, 0.5) is 17.1 Å². The van der Waals surface area contributed by atoms with E-state index in [2.05, 4.69) is 18.3 Å². The zero-order valence-corrected chi connectivity index (χ0v) is 14.1. The highest BCUT2D eigenvalue weighted by Crippen LogP contribution is 2.31. The number of nitrogens with one attached hydrogen (secondary N) is 1. The Hall–Kier alpha value is -2.89. The number of carbonyl (C=O) groups is 1. The Kier molecular flexibility index (Phi) is 4.97. The van der Waals surface area contributed by atoms with Crippen LogP contribution in [0, 0.1) is 10.1 Å². The number of nitrogens with zero attached hydrogens (tertiary/aromatic N) is 2. The first-order valence-corrected chi connectivity index (χ1v) is 8.45. The molecular formula is C19H21N3O3. The Morgan fingerprint density at radius 2 is 1.96 bits per heavy atom. The van der Waals surface area contributed by atoms with E-state index in [-0.39, 0.29) is 24.1 Å². The van der Waals surface area contributed by atoms with Crippen LogP contribution >= 0.6 is 0 Å². The van der Waals surface area contributed by atoms with Crippen LogP contribution in [0.1, 0.15) is 25.3 Å². The van der Waals surface area contributed by atoms with Gasteiger partial charge >= 0.3 is 0 Å². The van der Waals surface area contributed by atoms with E-state index in [1.54, 1.807) is 18.2 Å². The number of hydrogen-bond donors (Lipinski definition) is 1. The van der Waals surface area contributed by atoms with Crippen molar-refractivity contribution >= 4 is 23.0 Å². The number of benzene rings is 2. The highest BCUT2D eigenvalue weighted by atomic mass is 16.6. The first kappa shape index (κ1) is 17.0. The number of amides is 1. The first-order chi connectivity index (χ1) is 12.1. The minimum Gasteiger partial charge on any atom is -0.379 e. The van der Waals surface area contributed by atoms with Gasteiger partial charge in [-0.15, -0.1) is 0 Å². The SMILES string of the molecule is CC1CCc2ccccc2N1C(=O)CCNc1ccccc1[N+](=O)[O-]. The zero-order chi connectivity index (χ0) is 17.8. The van der Waals surface area contributed by atoms with Crippen molar-refractivity contribution in [3.8, 4) is 0 Å². The molecule has 2 aromatic carbocycles. The van der Waals surface area contributed by atoms with Crippen molar-refractivity contribution in [1.29, 1.82) is 0 Å². The lowest BCUT2D eigenvalue weighted by molar-refractivity contribution is -0.384. The summed E-state index contributed by atoms with van der Waals surface area (Å²) in [5.74, 6) is 0.0331. The van der Waals surface area contributed by atoms with Crippen molar-refractivity contribution in [2.75, 3.05) is 16.8 Å². The summed E-state index contributed by atoms with van der Waals surface area (Å²) in [6.07, 6.45) is 2.21. The van der Waals surface area contributed by atoms with Crippen LogP contribution in [0.15, 0.2) is 48.5 Å². The fourth-order valence-electron chi connectivity index (χ4n) is 3.28. The van der Waals surface area contributed by atoms with E-state index in [9.17, 15) is 14.9 Å². The van der Waals surface area contributed by atoms with Crippen LogP contribution in [0.5, 0.6) is 0 Å². The standard InChI is InChI=1S/C19H21N3O3/c1-14-10-11-15-6-2-4-8-17(15)21(14)19(23)12-13-20-16-7-3-5-9-18(16)22(24)25/h2-9,14,20H,10-13H2,1H3. The van der Waals surface area contributed by atoms with E-state index < -0.39 is 4.92 Å². The normalized spacial score (nSPS) is 16.2. The molecule has 1 unspecified atom stereocenters. The zero-order valence-electron chi connectivity index (χ0n) is 14.1. The summed E-state index contributed by atoms with van der Waals surface area (Å²) in [5.41, 5.74) is 2.64. The molecule has 2 aromatic rings. The van der Waals surface area contributed by atoms with Crippen molar-refractivity contribution in [1.82, 2.24) is 0 Å². The highest BCUT2D eigenvalue weighted by Gasteiger charge is 2.27. The van der Waals surface area contributed by atoms with Gasteiger partial charge in [0, 0.05) is 30.8 Å². The Balaban J connectivity index is 1.67. The minimum atomic E-state index is -0.424. The second-order valence-corrected chi connectivity index (χ2v) is 6.23. The summed E-state index contributed by atoms with van der Waals surface area (Å²) in [5, 5.41) is 14.1. The monoisotopic (exact) mass is 339 g/mol. The number of nitro groups is 1. The maximum Gasteiger partial charge on any atom is 0.292 e. The van der Waals surface area contributed by atoms with Crippen molar-refractivity contribution in [2.24, 2.45) is 0 Å². The molecule has 1 N–H and O–H groups in total. The molecule has 0 aromatic heterocycles. The molecule has 0 aliphatic carbocycles. The Morgan fingerprint density at radius 3 is 2.76 bits per heavy atom. The molecule has 0 radical (unpaired) electrons. The van der Waals surface area contributed by atoms with Gasteiger partial charge in [-0.25, -0.2) is 0 Å². The Bertz CT molecular complexity index is 791. The van der Waals surface area contributed by atoms with Gasteiger partial charge in [0.1, 0.15) is 5.69 Å². The van der Waals surface area contributed by atoms with Crippen molar-refractivity contribution < 1.29 is 9.72 Å². The van der Waals surface area contributed by atoms with Gasteiger partial charge in [-0.1, -0.05) is 30.3 Å². The molecule has 1 aliphatic heterocycles. The fourth-order valence-corrected chi connectivity index (χ4v) is 3.28. The summed E-state index contributed by atoms with van der Waals surface area (Å²) in [7, 11) is 0. The Labute approximate surface area is 146 Å². The van der Waals surface area contributed by atoms with E-state index in [1.165, 1.54) is 11.6 Å². The van der Waals surface area contributed by atoms with Crippen LogP contribution < -0.4 is 10.2 Å². The second-order valence-electron chi connectivity index (χ2n) is 6.23. The highest BCUT2D eigenvalue weighted by molar-refractivity contribution is 5.95. The third-order valence-electron chi connectivity index (χ3n) is 4.55. The number of aryl methyl sites for hydroxylation is 1. The second kappa shape index (κ2) is 7.34. The first-order valence-electron chi connectivity index (χ1n) is 8.45. The number of carbonyl (C=O) groups excluding carboxylic acids is 1. The van der Waals surface area contributed by atoms with Gasteiger partial charge in [0.25, 0.3) is 5.69 Å².